The second kappa shape index (κ2) is 7.93. The number of anilines is 1. The Morgan fingerprint density at radius 3 is 2.90 bits per heavy atom. The summed E-state index contributed by atoms with van der Waals surface area (Å²) in [6.45, 7) is 0.392. The van der Waals surface area contributed by atoms with Crippen molar-refractivity contribution >= 4 is 44.1 Å². The third-order valence-corrected chi connectivity index (χ3v) is 7.89. The number of nitrogens with zero attached hydrogens (tertiary/aromatic N) is 6. The van der Waals surface area contributed by atoms with E-state index in [9.17, 15) is 4.55 Å². The molecule has 9 nitrogen and oxygen atoms in total. The smallest absolute Gasteiger partial charge is 0.232 e. The Kier molecular flexibility index (Phi) is 5.10. The predicted molar refractivity (Wildman–Crippen MR) is 121 cm³/mol. The number of rotatable bonds is 6. The van der Waals surface area contributed by atoms with Crippen molar-refractivity contribution in [3.63, 3.8) is 0 Å². The minimum atomic E-state index is -1.27. The highest BCUT2D eigenvalue weighted by Crippen LogP contribution is 2.43. The van der Waals surface area contributed by atoms with Crippen LogP contribution in [0.2, 0.25) is 0 Å². The fraction of sp³-hybridized carbons (Fsp3) is 0.200. The second-order valence-corrected chi connectivity index (χ2v) is 9.63. The van der Waals surface area contributed by atoms with Gasteiger partial charge in [-0.2, -0.15) is 5.10 Å². The molecule has 5 heterocycles. The molecule has 1 unspecified atom stereocenters. The summed E-state index contributed by atoms with van der Waals surface area (Å²) in [7, 11) is 3.46. The molecule has 0 fully saturated rings. The summed E-state index contributed by atoms with van der Waals surface area (Å²) < 4.78 is 22.3. The summed E-state index contributed by atoms with van der Waals surface area (Å²) in [6, 6.07) is 3.91. The Labute approximate surface area is 184 Å². The average Bonchev–Trinajstić information content (AvgIpc) is 3.48. The van der Waals surface area contributed by atoms with Crippen molar-refractivity contribution in [2.75, 3.05) is 25.2 Å². The lowest BCUT2D eigenvalue weighted by molar-refractivity contribution is 0.217. The maximum Gasteiger partial charge on any atom is 0.232 e. The first-order chi connectivity index (χ1) is 15.1. The third-order valence-electron chi connectivity index (χ3n) is 5.02. The largest absolute Gasteiger partial charge is 0.611 e. The van der Waals surface area contributed by atoms with E-state index in [2.05, 4.69) is 15.1 Å². The zero-order valence-electron chi connectivity index (χ0n) is 16.8. The van der Waals surface area contributed by atoms with Gasteiger partial charge in [0, 0.05) is 54.9 Å². The molecule has 11 heteroatoms. The molecule has 0 saturated heterocycles. The van der Waals surface area contributed by atoms with E-state index < -0.39 is 11.2 Å². The van der Waals surface area contributed by atoms with Crippen LogP contribution in [0, 0.1) is 0 Å². The van der Waals surface area contributed by atoms with Gasteiger partial charge in [-0.15, -0.1) is 0 Å². The van der Waals surface area contributed by atoms with Gasteiger partial charge in [-0.25, -0.2) is 9.97 Å². The van der Waals surface area contributed by atoms with Crippen LogP contribution in [0.1, 0.15) is 0 Å². The van der Waals surface area contributed by atoms with Crippen LogP contribution in [0.25, 0.3) is 38.5 Å². The van der Waals surface area contributed by atoms with Crippen LogP contribution >= 0.6 is 11.3 Å². The number of methoxy groups -OCH3 is 1. The highest BCUT2D eigenvalue weighted by Gasteiger charge is 2.26. The Bertz CT molecular complexity index is 1390. The first kappa shape index (κ1) is 19.9. The van der Waals surface area contributed by atoms with Gasteiger partial charge in [0.05, 0.1) is 36.1 Å². The number of hydrogen-bond acceptors (Lipinski definition) is 8. The van der Waals surface area contributed by atoms with Gasteiger partial charge < -0.3 is 15.0 Å². The van der Waals surface area contributed by atoms with Gasteiger partial charge in [-0.05, 0) is 12.1 Å². The normalized spacial score (nSPS) is 12.7. The molecule has 0 aliphatic carbocycles. The van der Waals surface area contributed by atoms with Gasteiger partial charge in [0.25, 0.3) is 0 Å². The number of aromatic nitrogens is 6. The van der Waals surface area contributed by atoms with Gasteiger partial charge in [0.2, 0.25) is 4.21 Å². The lowest BCUT2D eigenvalue weighted by Gasteiger charge is -2.09. The summed E-state index contributed by atoms with van der Waals surface area (Å²) in [4.78, 5) is 14.1. The van der Waals surface area contributed by atoms with Crippen molar-refractivity contribution in [2.24, 2.45) is 7.05 Å². The summed E-state index contributed by atoms with van der Waals surface area (Å²) in [5, 5.41) is 5.10. The number of nitrogen functional groups attached to an aromatic ring is 1. The number of hydrogen-bond donors (Lipinski definition) is 1. The number of thiophene rings is 1. The monoisotopic (exact) mass is 453 g/mol. The van der Waals surface area contributed by atoms with E-state index >= 15 is 0 Å². The highest BCUT2D eigenvalue weighted by molar-refractivity contribution is 7.93. The van der Waals surface area contributed by atoms with Crippen LogP contribution in [0.15, 0.2) is 47.3 Å². The number of pyridine rings is 1. The van der Waals surface area contributed by atoms with Gasteiger partial charge in [-0.3, -0.25) is 14.1 Å². The van der Waals surface area contributed by atoms with Gasteiger partial charge in [0.1, 0.15) is 16.3 Å². The maximum atomic E-state index is 12.8. The van der Waals surface area contributed by atoms with Crippen LogP contribution in [0.5, 0.6) is 0 Å². The summed E-state index contributed by atoms with van der Waals surface area (Å²) in [5.74, 6) is 0.377. The Hall–Kier alpha value is -2.99. The molecule has 1 atom stereocenters. The van der Waals surface area contributed by atoms with Gasteiger partial charge >= 0.3 is 0 Å². The van der Waals surface area contributed by atoms with E-state index in [0.717, 1.165) is 38.5 Å². The van der Waals surface area contributed by atoms with E-state index in [0.29, 0.717) is 22.3 Å². The van der Waals surface area contributed by atoms with Crippen molar-refractivity contribution in [1.82, 2.24) is 29.1 Å². The molecule has 0 amide bonds. The van der Waals surface area contributed by atoms with Crippen LogP contribution in [0.3, 0.4) is 0 Å². The molecule has 0 bridgehead atoms. The molecule has 5 aromatic rings. The van der Waals surface area contributed by atoms with Crippen molar-refractivity contribution in [3.05, 3.63) is 43.1 Å². The summed E-state index contributed by atoms with van der Waals surface area (Å²) in [6.07, 6.45) is 8.76. The summed E-state index contributed by atoms with van der Waals surface area (Å²) >= 11 is 0.0798. The van der Waals surface area contributed by atoms with E-state index in [1.54, 1.807) is 36.6 Å². The van der Waals surface area contributed by atoms with Crippen LogP contribution in [-0.4, -0.2) is 53.2 Å². The summed E-state index contributed by atoms with van der Waals surface area (Å²) in [5.41, 5.74) is 11.1. The molecule has 0 radical (unpaired) electrons. The van der Waals surface area contributed by atoms with Crippen molar-refractivity contribution < 1.29 is 9.29 Å². The zero-order valence-corrected chi connectivity index (χ0v) is 18.5. The van der Waals surface area contributed by atoms with Gasteiger partial charge in [0.15, 0.2) is 5.65 Å². The minimum absolute atomic E-state index is 0.377. The van der Waals surface area contributed by atoms with E-state index in [-0.39, 0.29) is 0 Å². The number of imidazole rings is 1. The standard InChI is InChI=1S/C20H19N7O2S2/c1-26-14(3-4-24-26)12-9-13(15-10-23-16-11-22-5-6-27(15)16)25-19-17(12)18(21)20(30-19)31(28)8-7-29-2/h3-6,9-11H,7-8,21H2,1-2H3. The van der Waals surface area contributed by atoms with Gasteiger partial charge in [-0.1, -0.05) is 11.3 Å². The fourth-order valence-corrected chi connectivity index (χ4v) is 6.09. The molecule has 0 saturated carbocycles. The molecule has 0 aliphatic heterocycles. The molecule has 0 aromatic carbocycles. The van der Waals surface area contributed by atoms with Crippen molar-refractivity contribution in [3.8, 4) is 22.6 Å². The Morgan fingerprint density at radius 1 is 1.26 bits per heavy atom. The molecule has 158 valence electrons. The third kappa shape index (κ3) is 3.35. The first-order valence-electron chi connectivity index (χ1n) is 9.44. The SMILES string of the molecule is COCC[S+]([O-])c1sc2nc(-c3cnc4cnccn34)cc(-c3ccnn3C)c2c1N. The fourth-order valence-electron chi connectivity index (χ4n) is 3.52. The van der Waals surface area contributed by atoms with Crippen molar-refractivity contribution in [2.45, 2.75) is 4.21 Å². The molecule has 2 N–H and O–H groups in total. The molecule has 5 aromatic heterocycles. The molecule has 5 rings (SSSR count). The molecule has 31 heavy (non-hydrogen) atoms. The topological polar surface area (TPSA) is 119 Å². The first-order valence-corrected chi connectivity index (χ1v) is 11.6. The van der Waals surface area contributed by atoms with Crippen LogP contribution < -0.4 is 5.73 Å². The Morgan fingerprint density at radius 2 is 2.13 bits per heavy atom. The van der Waals surface area contributed by atoms with Crippen molar-refractivity contribution in [1.29, 1.82) is 0 Å². The van der Waals surface area contributed by atoms with E-state index in [1.165, 1.54) is 11.3 Å². The lowest BCUT2D eigenvalue weighted by Crippen LogP contribution is -2.11. The molecular formula is C20H19N7O2S2. The number of nitrogens with two attached hydrogens (primary N) is 1. The lowest BCUT2D eigenvalue weighted by atomic mass is 10.1. The molecule has 0 spiro atoms. The highest BCUT2D eigenvalue weighted by atomic mass is 32.2. The molecular weight excluding hydrogens is 434 g/mol. The zero-order chi connectivity index (χ0) is 21.5. The molecule has 0 aliphatic rings. The second-order valence-electron chi connectivity index (χ2n) is 6.87. The van der Waals surface area contributed by atoms with Crippen LogP contribution in [-0.2, 0) is 23.0 Å². The number of ether oxygens (including phenoxy) is 1. The number of fused-ring (bicyclic) bond motifs is 2. The van der Waals surface area contributed by atoms with E-state index in [4.69, 9.17) is 15.5 Å². The number of aryl methyl sites for hydroxylation is 1. The average molecular weight is 454 g/mol. The quantitative estimate of drug-likeness (QED) is 0.393. The minimum Gasteiger partial charge on any atom is -0.611 e. The Balaban J connectivity index is 1.76. The predicted octanol–water partition coefficient (Wildman–Crippen LogP) is 2.74. The maximum absolute atomic E-state index is 12.8. The van der Waals surface area contributed by atoms with Crippen LogP contribution in [0.4, 0.5) is 5.69 Å². The van der Waals surface area contributed by atoms with E-state index in [1.807, 2.05) is 29.8 Å².